The van der Waals surface area contributed by atoms with Crippen LogP contribution >= 0.6 is 0 Å². The zero-order valence-corrected chi connectivity index (χ0v) is 6.65. The summed E-state index contributed by atoms with van der Waals surface area (Å²) < 4.78 is 0. The maximum absolute atomic E-state index is 4.60. The predicted molar refractivity (Wildman–Crippen MR) is 46.2 cm³/mol. The highest BCUT2D eigenvalue weighted by atomic mass is 15.0. The first kappa shape index (κ1) is 8.21. The van der Waals surface area contributed by atoms with Crippen molar-refractivity contribution in [1.82, 2.24) is 19.9 Å². The highest BCUT2D eigenvalue weighted by molar-refractivity contribution is 5.67. The van der Waals surface area contributed by atoms with E-state index in [4.69, 9.17) is 0 Å². The minimum absolute atomic E-state index is 0.713. The van der Waals surface area contributed by atoms with Gasteiger partial charge in [0.2, 0.25) is 0 Å². The molecule has 0 bridgehead atoms. The molecule has 0 aliphatic rings. The van der Waals surface area contributed by atoms with Crippen molar-refractivity contribution in [2.75, 3.05) is 0 Å². The number of imidazole rings is 1. The highest BCUT2D eigenvalue weighted by Crippen LogP contribution is 1.99. The Morgan fingerprint density at radius 3 is 2.92 bits per heavy atom. The first-order chi connectivity index (χ1) is 5.88. The highest BCUT2D eigenvalue weighted by Gasteiger charge is 1.91. The summed E-state index contributed by atoms with van der Waals surface area (Å²) in [7, 11) is 0. The summed E-state index contributed by atoms with van der Waals surface area (Å²) in [4.78, 5) is 14.5. The zero-order valence-electron chi connectivity index (χ0n) is 6.65. The molecule has 2 heterocycles. The standard InChI is InChI=1S/C5H4N4.C3H4/c1-4-5(8-2-6-1)9-3-7-4;1-3-2/h1-3H,(H,6,7,8,9);1H,2H3. The summed E-state index contributed by atoms with van der Waals surface area (Å²) >= 11 is 0. The van der Waals surface area contributed by atoms with Gasteiger partial charge in [-0.3, -0.25) is 0 Å². The van der Waals surface area contributed by atoms with Gasteiger partial charge in [0.05, 0.1) is 12.5 Å². The molecule has 0 saturated carbocycles. The van der Waals surface area contributed by atoms with Gasteiger partial charge in [-0.2, -0.15) is 0 Å². The van der Waals surface area contributed by atoms with Crippen LogP contribution in [0.4, 0.5) is 0 Å². The first-order valence-electron chi connectivity index (χ1n) is 3.35. The van der Waals surface area contributed by atoms with E-state index in [0.717, 1.165) is 5.52 Å². The fraction of sp³-hybridized carbons (Fsp3) is 0.125. The minimum Gasteiger partial charge on any atom is -0.342 e. The molecule has 0 amide bonds. The van der Waals surface area contributed by atoms with E-state index in [-0.39, 0.29) is 0 Å². The molecule has 0 radical (unpaired) electrons. The number of nitrogens with zero attached hydrogens (tertiary/aromatic N) is 3. The normalized spacial score (nSPS) is 8.33. The third-order valence-corrected chi connectivity index (χ3v) is 1.10. The van der Waals surface area contributed by atoms with Gasteiger partial charge in [-0.15, -0.1) is 12.3 Å². The van der Waals surface area contributed by atoms with Gasteiger partial charge in [0.15, 0.2) is 5.65 Å². The molecule has 2 rings (SSSR count). The van der Waals surface area contributed by atoms with Crippen LogP contribution in [0.2, 0.25) is 0 Å². The first-order valence-corrected chi connectivity index (χ1v) is 3.35. The van der Waals surface area contributed by atoms with Crippen LogP contribution in [0.5, 0.6) is 0 Å². The van der Waals surface area contributed by atoms with E-state index in [1.807, 2.05) is 0 Å². The Balaban J connectivity index is 0.000000213. The van der Waals surface area contributed by atoms with Gasteiger partial charge in [-0.05, 0) is 6.92 Å². The van der Waals surface area contributed by atoms with Crippen LogP contribution in [0.1, 0.15) is 6.92 Å². The molecule has 0 aliphatic heterocycles. The number of fused-ring (bicyclic) bond motifs is 1. The molecule has 0 atom stereocenters. The molecule has 1 N–H and O–H groups in total. The monoisotopic (exact) mass is 160 g/mol. The Morgan fingerprint density at radius 1 is 1.50 bits per heavy atom. The average Bonchev–Trinajstić information content (AvgIpc) is 2.52. The van der Waals surface area contributed by atoms with Crippen LogP contribution in [0, 0.1) is 12.3 Å². The Kier molecular flexibility index (Phi) is 2.79. The average molecular weight is 160 g/mol. The summed E-state index contributed by atoms with van der Waals surface area (Å²) in [5.74, 6) is 2.25. The number of H-pyrrole nitrogens is 1. The lowest BCUT2D eigenvalue weighted by molar-refractivity contribution is 1.20. The fourth-order valence-corrected chi connectivity index (χ4v) is 0.691. The van der Waals surface area contributed by atoms with Gasteiger partial charge in [0, 0.05) is 0 Å². The molecule has 0 unspecified atom stereocenters. The largest absolute Gasteiger partial charge is 0.342 e. The fourth-order valence-electron chi connectivity index (χ4n) is 0.691. The van der Waals surface area contributed by atoms with Crippen molar-refractivity contribution in [1.29, 1.82) is 0 Å². The van der Waals surface area contributed by atoms with Crippen molar-refractivity contribution in [2.45, 2.75) is 6.92 Å². The van der Waals surface area contributed by atoms with Crippen LogP contribution in [-0.2, 0) is 0 Å². The maximum atomic E-state index is 4.60. The molecule has 60 valence electrons. The van der Waals surface area contributed by atoms with Crippen molar-refractivity contribution in [3.05, 3.63) is 18.9 Å². The lowest BCUT2D eigenvalue weighted by Crippen LogP contribution is -1.76. The van der Waals surface area contributed by atoms with Gasteiger partial charge in [0.1, 0.15) is 11.8 Å². The van der Waals surface area contributed by atoms with E-state index in [2.05, 4.69) is 32.3 Å². The SMILES string of the molecule is C#CC.c1ncc2[nH]cnc2n1. The molecule has 2 aromatic heterocycles. The van der Waals surface area contributed by atoms with Crippen molar-refractivity contribution in [3.63, 3.8) is 0 Å². The molecule has 12 heavy (non-hydrogen) atoms. The molecule has 0 saturated heterocycles. The maximum Gasteiger partial charge on any atom is 0.180 e. The van der Waals surface area contributed by atoms with Crippen LogP contribution in [-0.4, -0.2) is 19.9 Å². The summed E-state index contributed by atoms with van der Waals surface area (Å²) in [6.07, 6.45) is 9.36. The smallest absolute Gasteiger partial charge is 0.180 e. The van der Waals surface area contributed by atoms with Crippen LogP contribution < -0.4 is 0 Å². The number of hydrogen-bond donors (Lipinski definition) is 1. The molecular weight excluding hydrogens is 152 g/mol. The number of hydrogen-bond acceptors (Lipinski definition) is 3. The molecule has 0 aliphatic carbocycles. The quantitative estimate of drug-likeness (QED) is 0.585. The Morgan fingerprint density at radius 2 is 2.25 bits per heavy atom. The molecule has 4 nitrogen and oxygen atoms in total. The lowest BCUT2D eigenvalue weighted by atomic mass is 10.6. The predicted octanol–water partition coefficient (Wildman–Crippen LogP) is 0.992. The van der Waals surface area contributed by atoms with Crippen molar-refractivity contribution < 1.29 is 0 Å². The van der Waals surface area contributed by atoms with E-state index in [1.165, 1.54) is 6.33 Å². The third-order valence-electron chi connectivity index (χ3n) is 1.10. The lowest BCUT2D eigenvalue weighted by Gasteiger charge is -1.80. The van der Waals surface area contributed by atoms with Gasteiger partial charge >= 0.3 is 0 Å². The second-order valence-corrected chi connectivity index (χ2v) is 1.95. The molecule has 4 heteroatoms. The second kappa shape index (κ2) is 4.09. The van der Waals surface area contributed by atoms with Crippen LogP contribution in [0.15, 0.2) is 18.9 Å². The van der Waals surface area contributed by atoms with E-state index in [9.17, 15) is 0 Å². The van der Waals surface area contributed by atoms with E-state index in [0.29, 0.717) is 5.65 Å². The second-order valence-electron chi connectivity index (χ2n) is 1.95. The topological polar surface area (TPSA) is 54.5 Å². The molecule has 0 fully saturated rings. The Hall–Kier alpha value is -1.89. The van der Waals surface area contributed by atoms with Crippen molar-refractivity contribution in [3.8, 4) is 12.3 Å². The Labute approximate surface area is 70.1 Å². The molecule has 0 spiro atoms. The number of nitrogens with one attached hydrogen (secondary N) is 1. The summed E-state index contributed by atoms with van der Waals surface area (Å²) in [5, 5.41) is 0. The van der Waals surface area contributed by atoms with Gasteiger partial charge in [-0.25, -0.2) is 15.0 Å². The Bertz CT molecular complexity index is 355. The van der Waals surface area contributed by atoms with E-state index < -0.39 is 0 Å². The summed E-state index contributed by atoms with van der Waals surface area (Å²) in [5.41, 5.74) is 1.59. The van der Waals surface area contributed by atoms with Gasteiger partial charge < -0.3 is 4.98 Å². The van der Waals surface area contributed by atoms with E-state index in [1.54, 1.807) is 19.4 Å². The molecule has 2 aromatic rings. The van der Waals surface area contributed by atoms with E-state index >= 15 is 0 Å². The number of rotatable bonds is 0. The van der Waals surface area contributed by atoms with Gasteiger partial charge in [-0.1, -0.05) is 0 Å². The van der Waals surface area contributed by atoms with Crippen molar-refractivity contribution in [2.24, 2.45) is 0 Å². The summed E-state index contributed by atoms with van der Waals surface area (Å²) in [6.45, 7) is 1.65. The zero-order chi connectivity index (χ0) is 8.81. The molecular formula is C8H8N4. The van der Waals surface area contributed by atoms with Crippen molar-refractivity contribution >= 4 is 11.2 Å². The van der Waals surface area contributed by atoms with Crippen LogP contribution in [0.25, 0.3) is 11.2 Å². The number of aromatic amines is 1. The third kappa shape index (κ3) is 1.80. The van der Waals surface area contributed by atoms with Gasteiger partial charge in [0.25, 0.3) is 0 Å². The summed E-state index contributed by atoms with van der Waals surface area (Å²) in [6, 6.07) is 0. The number of terminal acetylenes is 1. The number of aromatic nitrogens is 4. The van der Waals surface area contributed by atoms with Crippen LogP contribution in [0.3, 0.4) is 0 Å². The molecule has 0 aromatic carbocycles. The minimum atomic E-state index is 0.713.